The van der Waals surface area contributed by atoms with E-state index in [-0.39, 0.29) is 17.5 Å². The Kier molecular flexibility index (Phi) is 4.03. The first-order chi connectivity index (χ1) is 9.13. The summed E-state index contributed by atoms with van der Waals surface area (Å²) in [5, 5.41) is 10.3. The van der Waals surface area contributed by atoms with Crippen LogP contribution in [0.4, 0.5) is 0 Å². The van der Waals surface area contributed by atoms with E-state index in [0.717, 1.165) is 37.7 Å². The molecule has 0 aliphatic heterocycles. The van der Waals surface area contributed by atoms with Crippen LogP contribution in [-0.4, -0.2) is 22.8 Å². The molecule has 0 heterocycles. The average Bonchev–Trinajstić information content (AvgIpc) is 2.31. The number of carbonyl (C=O) groups excluding carboxylic acids is 1. The van der Waals surface area contributed by atoms with Crippen LogP contribution in [0.15, 0.2) is 12.2 Å². The van der Waals surface area contributed by atoms with Crippen molar-refractivity contribution in [2.45, 2.75) is 71.5 Å². The van der Waals surface area contributed by atoms with Gasteiger partial charge in [0.15, 0.2) is 0 Å². The fourth-order valence-electron chi connectivity index (χ4n) is 4.11. The number of esters is 1. The van der Waals surface area contributed by atoms with Crippen LogP contribution in [0.5, 0.6) is 0 Å². The Morgan fingerprint density at radius 2 is 2.00 bits per heavy atom. The number of carbonyl (C=O) groups is 1. The molecule has 0 aromatic heterocycles. The lowest BCUT2D eigenvalue weighted by Gasteiger charge is -2.52. The summed E-state index contributed by atoms with van der Waals surface area (Å²) >= 11 is 0. The van der Waals surface area contributed by atoms with E-state index >= 15 is 0 Å². The standard InChI is InChI=1S/C17H28O3/c1-11-14-10-13(16(3,4)19)6-8-17(14,5)9-7-15(11)20-12(2)18/h13-15,19H,1,6-10H2,2-5H3/t13-,14+,15-,17+/m1/s1. The molecule has 0 bridgehead atoms. The molecule has 2 aliphatic rings. The number of rotatable bonds is 2. The molecule has 0 unspecified atom stereocenters. The quantitative estimate of drug-likeness (QED) is 0.622. The van der Waals surface area contributed by atoms with Crippen molar-refractivity contribution in [3.05, 3.63) is 12.2 Å². The molecule has 0 spiro atoms. The van der Waals surface area contributed by atoms with Gasteiger partial charge in [0.25, 0.3) is 0 Å². The van der Waals surface area contributed by atoms with E-state index in [1.807, 2.05) is 13.8 Å². The van der Waals surface area contributed by atoms with Crippen molar-refractivity contribution in [1.29, 1.82) is 0 Å². The molecular formula is C17H28O3. The van der Waals surface area contributed by atoms with Gasteiger partial charge in [-0.25, -0.2) is 0 Å². The van der Waals surface area contributed by atoms with Crippen molar-refractivity contribution in [2.75, 3.05) is 0 Å². The number of ether oxygens (including phenoxy) is 1. The van der Waals surface area contributed by atoms with Crippen molar-refractivity contribution in [3.63, 3.8) is 0 Å². The molecule has 3 heteroatoms. The molecular weight excluding hydrogens is 252 g/mol. The van der Waals surface area contributed by atoms with E-state index < -0.39 is 5.60 Å². The minimum absolute atomic E-state index is 0.133. The van der Waals surface area contributed by atoms with Crippen LogP contribution < -0.4 is 0 Å². The molecule has 0 radical (unpaired) electrons. The Morgan fingerprint density at radius 1 is 1.40 bits per heavy atom. The third-order valence-electron chi connectivity index (χ3n) is 5.57. The molecule has 2 fully saturated rings. The highest BCUT2D eigenvalue weighted by Crippen LogP contribution is 2.55. The van der Waals surface area contributed by atoms with Gasteiger partial charge in [-0.1, -0.05) is 13.5 Å². The molecule has 0 saturated heterocycles. The maximum Gasteiger partial charge on any atom is 0.303 e. The van der Waals surface area contributed by atoms with Gasteiger partial charge < -0.3 is 9.84 Å². The van der Waals surface area contributed by atoms with E-state index in [4.69, 9.17) is 4.74 Å². The third-order valence-corrected chi connectivity index (χ3v) is 5.57. The van der Waals surface area contributed by atoms with Gasteiger partial charge >= 0.3 is 5.97 Å². The van der Waals surface area contributed by atoms with Crippen molar-refractivity contribution < 1.29 is 14.6 Å². The van der Waals surface area contributed by atoms with Crippen LogP contribution in [0.1, 0.15) is 59.8 Å². The van der Waals surface area contributed by atoms with Gasteiger partial charge in [0.2, 0.25) is 0 Å². The van der Waals surface area contributed by atoms with Gasteiger partial charge in [-0.3, -0.25) is 4.79 Å². The molecule has 3 nitrogen and oxygen atoms in total. The number of hydrogen-bond acceptors (Lipinski definition) is 3. The maximum atomic E-state index is 11.2. The van der Waals surface area contributed by atoms with Gasteiger partial charge in [-0.15, -0.1) is 0 Å². The predicted molar refractivity (Wildman–Crippen MR) is 79.2 cm³/mol. The molecule has 2 aliphatic carbocycles. The fourth-order valence-corrected chi connectivity index (χ4v) is 4.11. The van der Waals surface area contributed by atoms with Crippen molar-refractivity contribution in [2.24, 2.45) is 17.3 Å². The largest absolute Gasteiger partial charge is 0.458 e. The van der Waals surface area contributed by atoms with Gasteiger partial charge in [0.1, 0.15) is 6.10 Å². The lowest BCUT2D eigenvalue weighted by molar-refractivity contribution is -0.148. The summed E-state index contributed by atoms with van der Waals surface area (Å²) in [5.74, 6) is 0.425. The molecule has 4 atom stereocenters. The Hall–Kier alpha value is -0.830. The molecule has 0 aromatic carbocycles. The molecule has 1 N–H and O–H groups in total. The minimum Gasteiger partial charge on any atom is -0.458 e. The summed E-state index contributed by atoms with van der Waals surface area (Å²) in [6.45, 7) is 11.8. The lowest BCUT2D eigenvalue weighted by Crippen LogP contribution is -2.47. The van der Waals surface area contributed by atoms with Crippen LogP contribution >= 0.6 is 0 Å². The maximum absolute atomic E-state index is 11.2. The fraction of sp³-hybridized carbons (Fsp3) is 0.824. The number of aliphatic hydroxyl groups is 1. The summed E-state index contributed by atoms with van der Waals surface area (Å²) in [5.41, 5.74) is 0.675. The summed E-state index contributed by atoms with van der Waals surface area (Å²) in [6.07, 6.45) is 4.98. The molecule has 114 valence electrons. The molecule has 0 aromatic rings. The molecule has 20 heavy (non-hydrogen) atoms. The number of fused-ring (bicyclic) bond motifs is 1. The smallest absolute Gasteiger partial charge is 0.303 e. The van der Waals surface area contributed by atoms with Crippen molar-refractivity contribution in [1.82, 2.24) is 0 Å². The third kappa shape index (κ3) is 2.93. The zero-order valence-corrected chi connectivity index (χ0v) is 13.2. The van der Waals surface area contributed by atoms with Crippen LogP contribution in [0.3, 0.4) is 0 Å². The zero-order chi connectivity index (χ0) is 15.1. The summed E-state index contributed by atoms with van der Waals surface area (Å²) in [6, 6.07) is 0. The van der Waals surface area contributed by atoms with E-state index in [2.05, 4.69) is 13.5 Å². The molecule has 0 amide bonds. The highest BCUT2D eigenvalue weighted by Gasteiger charge is 2.48. The van der Waals surface area contributed by atoms with Gasteiger partial charge in [-0.05, 0) is 68.8 Å². The number of hydrogen-bond donors (Lipinski definition) is 1. The Morgan fingerprint density at radius 3 is 2.55 bits per heavy atom. The zero-order valence-electron chi connectivity index (χ0n) is 13.2. The lowest BCUT2D eigenvalue weighted by atomic mass is 9.55. The summed E-state index contributed by atoms with van der Waals surface area (Å²) in [7, 11) is 0. The highest BCUT2D eigenvalue weighted by molar-refractivity contribution is 5.66. The van der Waals surface area contributed by atoms with Gasteiger partial charge in [-0.2, -0.15) is 0 Å². The predicted octanol–water partition coefficient (Wildman–Crippen LogP) is 3.46. The van der Waals surface area contributed by atoms with Gasteiger partial charge in [0, 0.05) is 6.92 Å². The van der Waals surface area contributed by atoms with E-state index in [0.29, 0.717) is 11.8 Å². The van der Waals surface area contributed by atoms with Crippen LogP contribution in [0.2, 0.25) is 0 Å². The van der Waals surface area contributed by atoms with Crippen LogP contribution in [0.25, 0.3) is 0 Å². The molecule has 2 saturated carbocycles. The molecule has 2 rings (SSSR count). The Balaban J connectivity index is 2.16. The van der Waals surface area contributed by atoms with E-state index in [9.17, 15) is 9.90 Å². The first kappa shape index (κ1) is 15.6. The average molecular weight is 280 g/mol. The first-order valence-corrected chi connectivity index (χ1v) is 7.72. The SMILES string of the molecule is C=C1[C@H](OC(C)=O)CC[C@]2(C)CC[C@@H](C(C)(C)O)C[C@@H]12. The second kappa shape index (κ2) is 5.18. The monoisotopic (exact) mass is 280 g/mol. The van der Waals surface area contributed by atoms with E-state index in [1.165, 1.54) is 6.92 Å². The van der Waals surface area contributed by atoms with Gasteiger partial charge in [0.05, 0.1) is 5.60 Å². The summed E-state index contributed by atoms with van der Waals surface area (Å²) in [4.78, 5) is 11.2. The second-order valence-electron chi connectivity index (χ2n) is 7.54. The van der Waals surface area contributed by atoms with E-state index in [1.54, 1.807) is 0 Å². The summed E-state index contributed by atoms with van der Waals surface area (Å²) < 4.78 is 5.42. The highest BCUT2D eigenvalue weighted by atomic mass is 16.5. The van der Waals surface area contributed by atoms with Crippen molar-refractivity contribution >= 4 is 5.97 Å². The Labute approximate surface area is 122 Å². The first-order valence-electron chi connectivity index (χ1n) is 7.72. The normalized spacial score (nSPS) is 38.2. The Bertz CT molecular complexity index is 407. The topological polar surface area (TPSA) is 46.5 Å². The minimum atomic E-state index is -0.643. The van der Waals surface area contributed by atoms with Crippen LogP contribution in [-0.2, 0) is 9.53 Å². The van der Waals surface area contributed by atoms with Crippen molar-refractivity contribution in [3.8, 4) is 0 Å². The second-order valence-corrected chi connectivity index (χ2v) is 7.54. The van der Waals surface area contributed by atoms with Crippen LogP contribution in [0, 0.1) is 17.3 Å².